The van der Waals surface area contributed by atoms with Crippen LogP contribution in [-0.4, -0.2) is 18.0 Å². The third kappa shape index (κ3) is 2.88. The number of carbonyl (C=O) groups excluding carboxylic acids is 1. The largest absolute Gasteiger partial charge is 0.494 e. The molecule has 0 saturated carbocycles. The summed E-state index contributed by atoms with van der Waals surface area (Å²) < 4.78 is 18.1. The number of methoxy groups -OCH3 is 1. The molecule has 1 aromatic carbocycles. The van der Waals surface area contributed by atoms with Crippen LogP contribution in [0, 0.1) is 12.7 Å². The summed E-state index contributed by atoms with van der Waals surface area (Å²) in [7, 11) is 1.34. The zero-order valence-electron chi connectivity index (χ0n) is 10.9. The lowest BCUT2D eigenvalue weighted by Gasteiger charge is -2.10. The molecule has 0 unspecified atom stereocenters. The molecule has 1 N–H and O–H groups in total. The van der Waals surface area contributed by atoms with Crippen molar-refractivity contribution < 1.29 is 13.9 Å². The van der Waals surface area contributed by atoms with E-state index in [9.17, 15) is 9.18 Å². The summed E-state index contributed by atoms with van der Waals surface area (Å²) in [6, 6.07) is 5.59. The van der Waals surface area contributed by atoms with Crippen molar-refractivity contribution >= 4 is 23.2 Å². The molecule has 1 heterocycles. The van der Waals surface area contributed by atoms with Gasteiger partial charge >= 0.3 is 0 Å². The number of benzene rings is 1. The SMILES string of the molecule is COc1cc(C(=O)Nc2c(C)ccnc2Cl)ccc1F. The van der Waals surface area contributed by atoms with E-state index in [1.165, 1.54) is 25.3 Å². The highest BCUT2D eigenvalue weighted by molar-refractivity contribution is 6.32. The Morgan fingerprint density at radius 3 is 2.80 bits per heavy atom. The molecule has 0 atom stereocenters. The first kappa shape index (κ1) is 14.3. The molecule has 0 aliphatic carbocycles. The molecular weight excluding hydrogens is 283 g/mol. The molecule has 2 aromatic rings. The van der Waals surface area contributed by atoms with Crippen LogP contribution in [0.4, 0.5) is 10.1 Å². The summed E-state index contributed by atoms with van der Waals surface area (Å²) in [6.45, 7) is 1.80. The number of pyridine rings is 1. The Bertz CT molecular complexity index is 641. The molecule has 0 saturated heterocycles. The van der Waals surface area contributed by atoms with E-state index in [0.717, 1.165) is 5.56 Å². The molecule has 1 amide bonds. The lowest BCUT2D eigenvalue weighted by Crippen LogP contribution is -2.13. The number of amides is 1. The first-order chi connectivity index (χ1) is 9.52. The summed E-state index contributed by atoms with van der Waals surface area (Å²) in [6.07, 6.45) is 1.55. The second-order valence-corrected chi connectivity index (χ2v) is 4.46. The maximum absolute atomic E-state index is 13.3. The highest BCUT2D eigenvalue weighted by Crippen LogP contribution is 2.24. The maximum atomic E-state index is 13.3. The zero-order chi connectivity index (χ0) is 14.7. The van der Waals surface area contributed by atoms with Gasteiger partial charge in [0.05, 0.1) is 12.8 Å². The van der Waals surface area contributed by atoms with Crippen molar-refractivity contribution in [2.45, 2.75) is 6.92 Å². The molecule has 0 spiro atoms. The van der Waals surface area contributed by atoms with Crippen molar-refractivity contribution in [2.24, 2.45) is 0 Å². The number of hydrogen-bond donors (Lipinski definition) is 1. The Hall–Kier alpha value is -2.14. The van der Waals surface area contributed by atoms with Crippen molar-refractivity contribution in [1.29, 1.82) is 0 Å². The quantitative estimate of drug-likeness (QED) is 0.882. The molecule has 0 fully saturated rings. The number of carbonyl (C=O) groups is 1. The van der Waals surface area contributed by atoms with Gasteiger partial charge in [0, 0.05) is 11.8 Å². The second kappa shape index (κ2) is 5.88. The van der Waals surface area contributed by atoms with Crippen LogP contribution in [0.3, 0.4) is 0 Å². The van der Waals surface area contributed by atoms with Crippen molar-refractivity contribution in [1.82, 2.24) is 4.98 Å². The van der Waals surface area contributed by atoms with Gasteiger partial charge in [0.1, 0.15) is 0 Å². The molecular formula is C14H12ClFN2O2. The van der Waals surface area contributed by atoms with Crippen LogP contribution < -0.4 is 10.1 Å². The van der Waals surface area contributed by atoms with Crippen LogP contribution >= 0.6 is 11.6 Å². The van der Waals surface area contributed by atoms with Crippen LogP contribution in [-0.2, 0) is 0 Å². The van der Waals surface area contributed by atoms with E-state index in [1.54, 1.807) is 19.2 Å². The lowest BCUT2D eigenvalue weighted by molar-refractivity contribution is 0.102. The number of rotatable bonds is 3. The Morgan fingerprint density at radius 1 is 1.40 bits per heavy atom. The van der Waals surface area contributed by atoms with E-state index in [0.29, 0.717) is 5.69 Å². The van der Waals surface area contributed by atoms with Crippen LogP contribution in [0.5, 0.6) is 5.75 Å². The first-order valence-corrected chi connectivity index (χ1v) is 6.16. The summed E-state index contributed by atoms with van der Waals surface area (Å²) in [5.41, 5.74) is 1.48. The number of anilines is 1. The van der Waals surface area contributed by atoms with E-state index < -0.39 is 11.7 Å². The second-order valence-electron chi connectivity index (χ2n) is 4.10. The predicted octanol–water partition coefficient (Wildman–Crippen LogP) is 3.44. The van der Waals surface area contributed by atoms with Crippen LogP contribution in [0.15, 0.2) is 30.5 Å². The van der Waals surface area contributed by atoms with Gasteiger partial charge < -0.3 is 10.1 Å². The fraction of sp³-hybridized carbons (Fsp3) is 0.143. The molecule has 2 rings (SSSR count). The Balaban J connectivity index is 2.29. The van der Waals surface area contributed by atoms with E-state index in [-0.39, 0.29) is 16.5 Å². The van der Waals surface area contributed by atoms with Gasteiger partial charge in [0.2, 0.25) is 0 Å². The fourth-order valence-corrected chi connectivity index (χ4v) is 1.91. The number of hydrogen-bond acceptors (Lipinski definition) is 3. The van der Waals surface area contributed by atoms with Gasteiger partial charge in [-0.25, -0.2) is 9.37 Å². The van der Waals surface area contributed by atoms with Crippen LogP contribution in [0.2, 0.25) is 5.15 Å². The van der Waals surface area contributed by atoms with Crippen molar-refractivity contribution in [3.8, 4) is 5.75 Å². The number of aromatic nitrogens is 1. The Labute approximate surface area is 120 Å². The van der Waals surface area contributed by atoms with Crippen LogP contribution in [0.25, 0.3) is 0 Å². The minimum Gasteiger partial charge on any atom is -0.494 e. The van der Waals surface area contributed by atoms with Gasteiger partial charge in [-0.3, -0.25) is 4.79 Å². The van der Waals surface area contributed by atoms with Gasteiger partial charge in [0.25, 0.3) is 5.91 Å². The number of ether oxygens (including phenoxy) is 1. The summed E-state index contributed by atoms with van der Waals surface area (Å²) in [5, 5.41) is 2.86. The van der Waals surface area contributed by atoms with Crippen molar-refractivity contribution in [2.75, 3.05) is 12.4 Å². The summed E-state index contributed by atoms with van der Waals surface area (Å²) >= 11 is 5.93. The number of halogens is 2. The Morgan fingerprint density at radius 2 is 2.15 bits per heavy atom. The minimum atomic E-state index is -0.528. The smallest absolute Gasteiger partial charge is 0.255 e. The van der Waals surface area contributed by atoms with Gasteiger partial charge in [-0.15, -0.1) is 0 Å². The lowest BCUT2D eigenvalue weighted by atomic mass is 10.2. The van der Waals surface area contributed by atoms with Gasteiger partial charge in [-0.2, -0.15) is 0 Å². The topological polar surface area (TPSA) is 51.2 Å². The molecule has 0 radical (unpaired) electrons. The fourth-order valence-electron chi connectivity index (χ4n) is 1.66. The molecule has 4 nitrogen and oxygen atoms in total. The number of aryl methyl sites for hydroxylation is 1. The van der Waals surface area contributed by atoms with E-state index in [1.807, 2.05) is 0 Å². The molecule has 0 bridgehead atoms. The standard InChI is InChI=1S/C14H12ClFN2O2/c1-8-5-6-17-13(15)12(8)18-14(19)9-3-4-10(16)11(7-9)20-2/h3-7H,1-2H3,(H,18,19). The third-order valence-corrected chi connectivity index (χ3v) is 3.05. The predicted molar refractivity (Wildman–Crippen MR) is 74.9 cm³/mol. The van der Waals surface area contributed by atoms with Gasteiger partial charge in [0.15, 0.2) is 16.7 Å². The zero-order valence-corrected chi connectivity index (χ0v) is 11.7. The number of nitrogens with zero attached hydrogens (tertiary/aromatic N) is 1. The molecule has 0 aliphatic rings. The van der Waals surface area contributed by atoms with Crippen molar-refractivity contribution in [3.63, 3.8) is 0 Å². The van der Waals surface area contributed by atoms with E-state index >= 15 is 0 Å². The summed E-state index contributed by atoms with van der Waals surface area (Å²) in [4.78, 5) is 16.0. The number of nitrogens with one attached hydrogen (secondary N) is 1. The minimum absolute atomic E-state index is 0.00616. The van der Waals surface area contributed by atoms with Crippen LogP contribution in [0.1, 0.15) is 15.9 Å². The average Bonchev–Trinajstić information content (AvgIpc) is 2.43. The average molecular weight is 295 g/mol. The first-order valence-electron chi connectivity index (χ1n) is 5.79. The summed E-state index contributed by atoms with van der Waals surface area (Å²) in [5.74, 6) is -0.937. The third-order valence-electron chi connectivity index (χ3n) is 2.76. The molecule has 0 aliphatic heterocycles. The highest BCUT2D eigenvalue weighted by atomic mass is 35.5. The monoisotopic (exact) mass is 294 g/mol. The highest BCUT2D eigenvalue weighted by Gasteiger charge is 2.13. The van der Waals surface area contributed by atoms with Crippen molar-refractivity contribution in [3.05, 3.63) is 52.6 Å². The molecule has 1 aromatic heterocycles. The van der Waals surface area contributed by atoms with E-state index in [4.69, 9.17) is 16.3 Å². The molecule has 20 heavy (non-hydrogen) atoms. The molecule has 6 heteroatoms. The maximum Gasteiger partial charge on any atom is 0.255 e. The van der Waals surface area contributed by atoms with Gasteiger partial charge in [-0.05, 0) is 36.8 Å². The normalized spacial score (nSPS) is 10.2. The van der Waals surface area contributed by atoms with Gasteiger partial charge in [-0.1, -0.05) is 11.6 Å². The molecule has 104 valence electrons. The Kier molecular flexibility index (Phi) is 4.20. The van der Waals surface area contributed by atoms with E-state index in [2.05, 4.69) is 10.3 Å².